The lowest BCUT2D eigenvalue weighted by Crippen LogP contribution is -2.30. The predicted octanol–water partition coefficient (Wildman–Crippen LogP) is 4.81. The number of benzene rings is 1. The van der Waals surface area contributed by atoms with Gasteiger partial charge in [0.15, 0.2) is 0 Å². The molecule has 0 aromatic heterocycles. The van der Waals surface area contributed by atoms with Gasteiger partial charge in [-0.15, -0.1) is 0 Å². The molecule has 1 nitrogen and oxygen atoms in total. The molecule has 114 valence electrons. The molecule has 20 heavy (non-hydrogen) atoms. The van der Waals surface area contributed by atoms with Gasteiger partial charge in [0.25, 0.3) is 0 Å². The number of hydrogen-bond donors (Lipinski definition) is 1. The fourth-order valence-electron chi connectivity index (χ4n) is 2.29. The Balaban J connectivity index is 2.64. The summed E-state index contributed by atoms with van der Waals surface area (Å²) in [4.78, 5) is 0. The van der Waals surface area contributed by atoms with Crippen LogP contribution in [0.15, 0.2) is 24.3 Å². The van der Waals surface area contributed by atoms with E-state index in [2.05, 4.69) is 39.9 Å². The van der Waals surface area contributed by atoms with Crippen LogP contribution < -0.4 is 5.32 Å². The average Bonchev–Trinajstić information content (AvgIpc) is 2.34. The molecule has 0 aliphatic carbocycles. The smallest absolute Gasteiger partial charge is 0.126 e. The van der Waals surface area contributed by atoms with Crippen molar-refractivity contribution in [2.45, 2.75) is 59.9 Å². The summed E-state index contributed by atoms with van der Waals surface area (Å²) in [7, 11) is 0. The summed E-state index contributed by atoms with van der Waals surface area (Å²) in [5, 5.41) is 3.50. The molecule has 0 aliphatic heterocycles. The second kappa shape index (κ2) is 7.78. The third-order valence-corrected chi connectivity index (χ3v) is 3.58. The van der Waals surface area contributed by atoms with E-state index in [1.165, 1.54) is 6.42 Å². The van der Waals surface area contributed by atoms with Crippen molar-refractivity contribution in [3.8, 4) is 0 Å². The molecule has 0 saturated carbocycles. The van der Waals surface area contributed by atoms with Crippen LogP contribution in [0.4, 0.5) is 4.39 Å². The van der Waals surface area contributed by atoms with Crippen molar-refractivity contribution in [3.63, 3.8) is 0 Å². The number of halogens is 1. The first-order chi connectivity index (χ1) is 9.28. The van der Waals surface area contributed by atoms with Crippen LogP contribution >= 0.6 is 0 Å². The van der Waals surface area contributed by atoms with E-state index in [4.69, 9.17) is 0 Å². The van der Waals surface area contributed by atoms with Crippen molar-refractivity contribution in [2.75, 3.05) is 6.54 Å². The Kier molecular flexibility index (Phi) is 6.67. The van der Waals surface area contributed by atoms with Crippen LogP contribution in [0.3, 0.4) is 0 Å². The van der Waals surface area contributed by atoms with Gasteiger partial charge in [-0.25, -0.2) is 4.39 Å². The summed E-state index contributed by atoms with van der Waals surface area (Å²) in [6.45, 7) is 12.1. The van der Waals surface area contributed by atoms with E-state index in [0.717, 1.165) is 24.9 Å². The van der Waals surface area contributed by atoms with E-state index in [1.54, 1.807) is 12.1 Å². The molecule has 1 atom stereocenters. The summed E-state index contributed by atoms with van der Waals surface area (Å²) in [6, 6.07) is 7.64. The lowest BCUT2D eigenvalue weighted by molar-refractivity contribution is 0.309. The second-order valence-corrected chi connectivity index (χ2v) is 7.32. The normalized spacial score (nSPS) is 13.8. The Morgan fingerprint density at radius 3 is 2.35 bits per heavy atom. The van der Waals surface area contributed by atoms with Crippen molar-refractivity contribution in [2.24, 2.45) is 11.3 Å². The topological polar surface area (TPSA) is 12.0 Å². The van der Waals surface area contributed by atoms with Gasteiger partial charge in [-0.3, -0.25) is 0 Å². The highest BCUT2D eigenvalue weighted by molar-refractivity contribution is 5.17. The zero-order valence-corrected chi connectivity index (χ0v) is 13.7. The Labute approximate surface area is 124 Å². The average molecular weight is 279 g/mol. The third kappa shape index (κ3) is 7.04. The Morgan fingerprint density at radius 1 is 1.15 bits per heavy atom. The molecule has 0 fully saturated rings. The van der Waals surface area contributed by atoms with Gasteiger partial charge in [-0.1, -0.05) is 52.8 Å². The highest BCUT2D eigenvalue weighted by Crippen LogP contribution is 2.25. The maximum absolute atomic E-state index is 13.8. The Hall–Kier alpha value is -0.890. The summed E-state index contributed by atoms with van der Waals surface area (Å²) >= 11 is 0. The molecule has 1 aromatic rings. The molecule has 0 heterocycles. The fraction of sp³-hybridized carbons (Fsp3) is 0.667. The quantitative estimate of drug-likeness (QED) is 0.755. The van der Waals surface area contributed by atoms with Gasteiger partial charge in [0.2, 0.25) is 0 Å². The first-order valence-corrected chi connectivity index (χ1v) is 7.75. The van der Waals surface area contributed by atoms with Crippen LogP contribution in [0, 0.1) is 17.2 Å². The zero-order chi connectivity index (χ0) is 15.2. The number of nitrogens with one attached hydrogen (secondary N) is 1. The SMILES string of the molecule is CC(C)NCC(CCC(C)(C)C)Cc1ccccc1F. The minimum Gasteiger partial charge on any atom is -0.314 e. The molecule has 1 rings (SSSR count). The van der Waals surface area contributed by atoms with Gasteiger partial charge in [0.1, 0.15) is 5.82 Å². The minimum atomic E-state index is -0.0715. The van der Waals surface area contributed by atoms with E-state index >= 15 is 0 Å². The second-order valence-electron chi connectivity index (χ2n) is 7.32. The maximum Gasteiger partial charge on any atom is 0.126 e. The van der Waals surface area contributed by atoms with Crippen LogP contribution in [0.2, 0.25) is 0 Å². The van der Waals surface area contributed by atoms with Gasteiger partial charge < -0.3 is 5.32 Å². The standard InChI is InChI=1S/C18H30FN/c1-14(2)20-13-15(10-11-18(3,4)5)12-16-8-6-7-9-17(16)19/h6-9,14-15,20H,10-13H2,1-5H3. The molecule has 0 saturated heterocycles. The summed E-state index contributed by atoms with van der Waals surface area (Å²) in [5.74, 6) is 0.423. The van der Waals surface area contributed by atoms with Gasteiger partial charge in [-0.05, 0) is 48.8 Å². The van der Waals surface area contributed by atoms with Crippen molar-refractivity contribution >= 4 is 0 Å². The minimum absolute atomic E-state index is 0.0715. The van der Waals surface area contributed by atoms with E-state index in [0.29, 0.717) is 17.4 Å². The third-order valence-electron chi connectivity index (χ3n) is 3.58. The van der Waals surface area contributed by atoms with Crippen LogP contribution in [-0.2, 0) is 6.42 Å². The molecular formula is C18H30FN. The van der Waals surface area contributed by atoms with Gasteiger partial charge in [-0.2, -0.15) is 0 Å². The van der Waals surface area contributed by atoms with Crippen molar-refractivity contribution in [1.29, 1.82) is 0 Å². The van der Waals surface area contributed by atoms with E-state index in [1.807, 2.05) is 12.1 Å². The maximum atomic E-state index is 13.8. The molecular weight excluding hydrogens is 249 g/mol. The van der Waals surface area contributed by atoms with Crippen molar-refractivity contribution < 1.29 is 4.39 Å². The highest BCUT2D eigenvalue weighted by Gasteiger charge is 2.17. The molecule has 1 unspecified atom stereocenters. The summed E-state index contributed by atoms with van der Waals surface area (Å²) in [5.41, 5.74) is 1.18. The molecule has 0 bridgehead atoms. The number of hydrogen-bond acceptors (Lipinski definition) is 1. The molecule has 0 amide bonds. The molecule has 0 aliphatic rings. The summed E-state index contributed by atoms with van der Waals surface area (Å²) < 4.78 is 13.8. The van der Waals surface area contributed by atoms with E-state index < -0.39 is 0 Å². The Morgan fingerprint density at radius 2 is 1.80 bits per heavy atom. The molecule has 1 aromatic carbocycles. The summed E-state index contributed by atoms with van der Waals surface area (Å²) in [6.07, 6.45) is 3.13. The molecule has 1 N–H and O–H groups in total. The molecule has 0 spiro atoms. The lowest BCUT2D eigenvalue weighted by Gasteiger charge is -2.24. The fourth-order valence-corrected chi connectivity index (χ4v) is 2.29. The molecule has 0 radical (unpaired) electrons. The Bertz CT molecular complexity index is 393. The van der Waals surface area contributed by atoms with Gasteiger partial charge in [0.05, 0.1) is 0 Å². The van der Waals surface area contributed by atoms with Gasteiger partial charge in [0, 0.05) is 6.04 Å². The monoisotopic (exact) mass is 279 g/mol. The largest absolute Gasteiger partial charge is 0.314 e. The highest BCUT2D eigenvalue weighted by atomic mass is 19.1. The van der Waals surface area contributed by atoms with E-state index in [-0.39, 0.29) is 5.82 Å². The van der Waals surface area contributed by atoms with Gasteiger partial charge >= 0.3 is 0 Å². The number of rotatable bonds is 7. The lowest BCUT2D eigenvalue weighted by atomic mass is 9.84. The molecule has 2 heteroatoms. The predicted molar refractivity (Wildman–Crippen MR) is 85.4 cm³/mol. The van der Waals surface area contributed by atoms with Crippen LogP contribution in [0.25, 0.3) is 0 Å². The van der Waals surface area contributed by atoms with Crippen LogP contribution in [-0.4, -0.2) is 12.6 Å². The van der Waals surface area contributed by atoms with Crippen molar-refractivity contribution in [3.05, 3.63) is 35.6 Å². The van der Waals surface area contributed by atoms with Crippen molar-refractivity contribution in [1.82, 2.24) is 5.32 Å². The van der Waals surface area contributed by atoms with Crippen LogP contribution in [0.5, 0.6) is 0 Å². The van der Waals surface area contributed by atoms with E-state index in [9.17, 15) is 4.39 Å². The first kappa shape index (κ1) is 17.2. The zero-order valence-electron chi connectivity index (χ0n) is 13.7. The van der Waals surface area contributed by atoms with Crippen LogP contribution in [0.1, 0.15) is 53.0 Å². The first-order valence-electron chi connectivity index (χ1n) is 7.75.